The molecule has 3 rings (SSSR count). The molecule has 0 aromatic heterocycles. The molecular weight excluding hydrogens is 230 g/mol. The van der Waals surface area contributed by atoms with E-state index in [1.165, 1.54) is 0 Å². The molecule has 0 saturated carbocycles. The Morgan fingerprint density at radius 3 is 2.89 bits per heavy atom. The smallest absolute Gasteiger partial charge is 0.415 e. The number of nitrogens with one attached hydrogen (secondary N) is 1. The maximum Gasteiger partial charge on any atom is 0.415 e. The second kappa shape index (κ2) is 4.31. The first kappa shape index (κ1) is 11.1. The fraction of sp³-hybridized carbons (Fsp3) is 0.385. The van der Waals surface area contributed by atoms with Crippen molar-refractivity contribution >= 4 is 11.8 Å². The van der Waals surface area contributed by atoms with E-state index in [1.807, 2.05) is 0 Å². The molecule has 2 aliphatic rings. The minimum atomic E-state index is -0.293. The van der Waals surface area contributed by atoms with Crippen LogP contribution in [0.4, 0.5) is 10.5 Å². The van der Waals surface area contributed by atoms with Gasteiger partial charge in [0.1, 0.15) is 6.10 Å². The molecule has 92 valence electrons. The summed E-state index contributed by atoms with van der Waals surface area (Å²) in [5.41, 5.74) is 1.39. The predicted molar refractivity (Wildman–Crippen MR) is 65.2 cm³/mol. The zero-order valence-electron chi connectivity index (χ0n) is 9.80. The van der Waals surface area contributed by atoms with Crippen molar-refractivity contribution in [1.29, 1.82) is 5.26 Å². The molecule has 18 heavy (non-hydrogen) atoms. The SMILES string of the molecule is N#Cc1ccc(N2C(=O)OC3CNCCC32)cc1. The summed E-state index contributed by atoms with van der Waals surface area (Å²) in [5.74, 6) is 0. The number of rotatable bonds is 1. The molecule has 2 aliphatic heterocycles. The summed E-state index contributed by atoms with van der Waals surface area (Å²) in [7, 11) is 0. The number of nitriles is 1. The average Bonchev–Trinajstić information content (AvgIpc) is 2.75. The van der Waals surface area contributed by atoms with Crippen LogP contribution in [-0.4, -0.2) is 31.3 Å². The number of hydrogen-bond acceptors (Lipinski definition) is 4. The highest BCUT2D eigenvalue weighted by Crippen LogP contribution is 2.30. The molecule has 0 aliphatic carbocycles. The van der Waals surface area contributed by atoms with Crippen LogP contribution in [0.1, 0.15) is 12.0 Å². The molecule has 5 heteroatoms. The van der Waals surface area contributed by atoms with Crippen LogP contribution in [0.25, 0.3) is 0 Å². The highest BCUT2D eigenvalue weighted by Gasteiger charge is 2.43. The lowest BCUT2D eigenvalue weighted by atomic mass is 10.0. The molecule has 2 heterocycles. The Morgan fingerprint density at radius 2 is 2.17 bits per heavy atom. The van der Waals surface area contributed by atoms with E-state index in [0.29, 0.717) is 12.1 Å². The maximum atomic E-state index is 11.9. The van der Waals surface area contributed by atoms with Crippen LogP contribution in [0.5, 0.6) is 0 Å². The van der Waals surface area contributed by atoms with E-state index < -0.39 is 0 Å². The van der Waals surface area contributed by atoms with Crippen molar-refractivity contribution < 1.29 is 9.53 Å². The van der Waals surface area contributed by atoms with E-state index in [0.717, 1.165) is 18.7 Å². The monoisotopic (exact) mass is 243 g/mol. The van der Waals surface area contributed by atoms with Crippen molar-refractivity contribution in [2.45, 2.75) is 18.6 Å². The van der Waals surface area contributed by atoms with Gasteiger partial charge in [-0.15, -0.1) is 0 Å². The number of fused-ring (bicyclic) bond motifs is 1. The predicted octanol–water partition coefficient (Wildman–Crippen LogP) is 1.25. The number of amides is 1. The summed E-state index contributed by atoms with van der Waals surface area (Å²) in [4.78, 5) is 13.6. The largest absolute Gasteiger partial charge is 0.442 e. The summed E-state index contributed by atoms with van der Waals surface area (Å²) in [6.07, 6.45) is 0.524. The van der Waals surface area contributed by atoms with Crippen molar-refractivity contribution in [1.82, 2.24) is 5.32 Å². The lowest BCUT2D eigenvalue weighted by molar-refractivity contribution is 0.121. The Kier molecular flexibility index (Phi) is 2.65. The molecule has 5 nitrogen and oxygen atoms in total. The van der Waals surface area contributed by atoms with Gasteiger partial charge in [-0.25, -0.2) is 4.79 Å². The standard InChI is InChI=1S/C13H13N3O2/c14-7-9-1-3-10(4-2-9)16-11-5-6-15-8-12(11)18-13(16)17/h1-4,11-12,15H,5-6,8H2. The number of ether oxygens (including phenoxy) is 1. The summed E-state index contributed by atoms with van der Waals surface area (Å²) in [6, 6.07) is 9.20. The van der Waals surface area contributed by atoms with Crippen LogP contribution in [0.3, 0.4) is 0 Å². The molecule has 2 saturated heterocycles. The van der Waals surface area contributed by atoms with Crippen molar-refractivity contribution in [3.05, 3.63) is 29.8 Å². The third-order valence-electron chi connectivity index (χ3n) is 3.45. The third-order valence-corrected chi connectivity index (χ3v) is 3.45. The fourth-order valence-electron chi connectivity index (χ4n) is 2.55. The lowest BCUT2D eigenvalue weighted by Crippen LogP contribution is -2.47. The quantitative estimate of drug-likeness (QED) is 0.806. The molecule has 2 atom stereocenters. The third kappa shape index (κ3) is 1.71. The maximum absolute atomic E-state index is 11.9. The van der Waals surface area contributed by atoms with E-state index in [4.69, 9.17) is 10.00 Å². The molecule has 2 fully saturated rings. The molecule has 2 unspecified atom stereocenters. The molecule has 1 aromatic rings. The molecule has 1 N–H and O–H groups in total. The van der Waals surface area contributed by atoms with Crippen LogP contribution >= 0.6 is 0 Å². The number of piperidine rings is 1. The van der Waals surface area contributed by atoms with Gasteiger partial charge < -0.3 is 10.1 Å². The van der Waals surface area contributed by atoms with E-state index >= 15 is 0 Å². The number of nitrogens with zero attached hydrogens (tertiary/aromatic N) is 2. The van der Waals surface area contributed by atoms with Gasteiger partial charge in [-0.1, -0.05) is 0 Å². The van der Waals surface area contributed by atoms with Crippen LogP contribution < -0.4 is 10.2 Å². The average molecular weight is 243 g/mol. The summed E-state index contributed by atoms with van der Waals surface area (Å²) >= 11 is 0. The van der Waals surface area contributed by atoms with Gasteiger partial charge in [0.05, 0.1) is 17.7 Å². The number of carbonyl (C=O) groups excluding carboxylic acids is 1. The highest BCUT2D eigenvalue weighted by molar-refractivity contribution is 5.90. The second-order valence-electron chi connectivity index (χ2n) is 4.51. The van der Waals surface area contributed by atoms with Crippen LogP contribution in [-0.2, 0) is 4.74 Å². The first-order valence-electron chi connectivity index (χ1n) is 6.00. The highest BCUT2D eigenvalue weighted by atomic mass is 16.6. The zero-order valence-corrected chi connectivity index (χ0v) is 9.80. The van der Waals surface area contributed by atoms with Gasteiger partial charge in [0.2, 0.25) is 0 Å². The number of anilines is 1. The Morgan fingerprint density at radius 1 is 1.39 bits per heavy atom. The molecule has 0 bridgehead atoms. The van der Waals surface area contributed by atoms with Crippen molar-refractivity contribution in [3.8, 4) is 6.07 Å². The van der Waals surface area contributed by atoms with E-state index in [-0.39, 0.29) is 18.2 Å². The van der Waals surface area contributed by atoms with Crippen molar-refractivity contribution in [3.63, 3.8) is 0 Å². The number of carbonyl (C=O) groups is 1. The number of hydrogen-bond donors (Lipinski definition) is 1. The first-order valence-corrected chi connectivity index (χ1v) is 6.00. The van der Waals surface area contributed by atoms with Gasteiger partial charge in [0.15, 0.2) is 0 Å². The zero-order chi connectivity index (χ0) is 12.5. The van der Waals surface area contributed by atoms with Gasteiger partial charge in [-0.05, 0) is 37.2 Å². The van der Waals surface area contributed by atoms with Gasteiger partial charge >= 0.3 is 6.09 Å². The lowest BCUT2D eigenvalue weighted by Gasteiger charge is -2.28. The molecule has 1 aromatic carbocycles. The van der Waals surface area contributed by atoms with E-state index in [1.54, 1.807) is 29.2 Å². The van der Waals surface area contributed by atoms with Crippen LogP contribution in [0, 0.1) is 11.3 Å². The molecular formula is C13H13N3O2. The molecule has 1 amide bonds. The van der Waals surface area contributed by atoms with Gasteiger partial charge in [0.25, 0.3) is 0 Å². The second-order valence-corrected chi connectivity index (χ2v) is 4.51. The summed E-state index contributed by atoms with van der Waals surface area (Å²) < 4.78 is 5.35. The van der Waals surface area contributed by atoms with Crippen molar-refractivity contribution in [2.75, 3.05) is 18.0 Å². The Hall–Kier alpha value is -2.06. The Labute approximate surface area is 105 Å². The topological polar surface area (TPSA) is 65.4 Å². The summed E-state index contributed by atoms with van der Waals surface area (Å²) in [5, 5.41) is 12.0. The van der Waals surface area contributed by atoms with Gasteiger partial charge in [-0.2, -0.15) is 5.26 Å². The van der Waals surface area contributed by atoms with E-state index in [2.05, 4.69) is 11.4 Å². The minimum Gasteiger partial charge on any atom is -0.442 e. The van der Waals surface area contributed by atoms with Crippen LogP contribution in [0.2, 0.25) is 0 Å². The molecule has 0 spiro atoms. The summed E-state index contributed by atoms with van der Waals surface area (Å²) in [6.45, 7) is 1.60. The Bertz CT molecular complexity index is 506. The molecule has 0 radical (unpaired) electrons. The van der Waals surface area contributed by atoms with Gasteiger partial charge in [-0.3, -0.25) is 4.90 Å². The number of benzene rings is 1. The normalized spacial score (nSPS) is 26.4. The fourth-order valence-corrected chi connectivity index (χ4v) is 2.55. The van der Waals surface area contributed by atoms with Crippen molar-refractivity contribution in [2.24, 2.45) is 0 Å². The van der Waals surface area contributed by atoms with Crippen LogP contribution in [0.15, 0.2) is 24.3 Å². The first-order chi connectivity index (χ1) is 8.79. The minimum absolute atomic E-state index is 0.0677. The van der Waals surface area contributed by atoms with E-state index in [9.17, 15) is 4.79 Å². The Balaban J connectivity index is 1.90. The van der Waals surface area contributed by atoms with Gasteiger partial charge in [0, 0.05) is 12.2 Å².